The minimum Gasteiger partial charge on any atom is -0.493 e. The summed E-state index contributed by atoms with van der Waals surface area (Å²) in [6.45, 7) is 8.87. The topological polar surface area (TPSA) is 48.7 Å². The summed E-state index contributed by atoms with van der Waals surface area (Å²) in [5.74, 6) is 1.61. The van der Waals surface area contributed by atoms with E-state index in [1.165, 1.54) is 37.7 Å². The summed E-state index contributed by atoms with van der Waals surface area (Å²) in [6, 6.07) is 6.49. The van der Waals surface area contributed by atoms with Crippen LogP contribution in [0.3, 0.4) is 0 Å². The lowest BCUT2D eigenvalue weighted by Gasteiger charge is -2.34. The number of unbranched alkanes of at least 4 members (excludes halogenated alkanes) is 5. The maximum absolute atomic E-state index is 8.74. The molecule has 1 aromatic rings. The monoisotopic (exact) mass is 465 g/mol. The van der Waals surface area contributed by atoms with Crippen molar-refractivity contribution in [1.82, 2.24) is 9.80 Å². The molecule has 2 rings (SSSR count). The average molecular weight is 466 g/mol. The molecule has 0 radical (unpaired) electrons. The largest absolute Gasteiger partial charge is 0.493 e. The van der Waals surface area contributed by atoms with Gasteiger partial charge in [0.05, 0.1) is 24.3 Å². The Labute approximate surface area is 185 Å². The lowest BCUT2D eigenvalue weighted by Crippen LogP contribution is -2.46. The summed E-state index contributed by atoms with van der Waals surface area (Å²) in [7, 11) is 1.71. The van der Waals surface area contributed by atoms with Crippen molar-refractivity contribution in [1.29, 1.82) is 5.26 Å². The summed E-state index contributed by atoms with van der Waals surface area (Å²) in [6.07, 6.45) is 8.14. The molecule has 0 aromatic heterocycles. The molecule has 1 aromatic carbocycles. The number of halogens is 1. The van der Waals surface area contributed by atoms with Crippen molar-refractivity contribution >= 4 is 15.9 Å². The third-order valence-corrected chi connectivity index (χ3v) is 6.03. The predicted octanol–water partition coefficient (Wildman–Crippen LogP) is 5.23. The van der Waals surface area contributed by atoms with Crippen molar-refractivity contribution in [3.8, 4) is 17.6 Å². The third kappa shape index (κ3) is 8.54. The van der Waals surface area contributed by atoms with Crippen molar-refractivity contribution in [2.24, 2.45) is 0 Å². The first-order valence-electron chi connectivity index (χ1n) is 11.0. The number of hydrogen-bond donors (Lipinski definition) is 0. The Hall–Kier alpha value is -1.29. The van der Waals surface area contributed by atoms with Crippen molar-refractivity contribution < 1.29 is 9.47 Å². The summed E-state index contributed by atoms with van der Waals surface area (Å²) in [5, 5.41) is 8.74. The van der Waals surface area contributed by atoms with Gasteiger partial charge in [-0.15, -0.1) is 0 Å². The van der Waals surface area contributed by atoms with Crippen LogP contribution in [0.1, 0.15) is 57.4 Å². The normalized spacial score (nSPS) is 15.2. The Balaban J connectivity index is 1.82. The number of hydrogen-bond acceptors (Lipinski definition) is 5. The summed E-state index contributed by atoms with van der Waals surface area (Å²) < 4.78 is 12.6. The molecule has 1 heterocycles. The Morgan fingerprint density at radius 2 is 1.72 bits per heavy atom. The second kappa shape index (κ2) is 13.8. The maximum atomic E-state index is 8.74. The van der Waals surface area contributed by atoms with Crippen LogP contribution < -0.4 is 9.47 Å². The first-order valence-corrected chi connectivity index (χ1v) is 11.8. The highest BCUT2D eigenvalue weighted by Crippen LogP contribution is 2.37. The number of nitriles is 1. The molecule has 0 N–H and O–H groups in total. The minimum absolute atomic E-state index is 0.615. The SMILES string of the molecule is CCCCCCCCOc1c(Br)cc(CN2CCN(CCC#N)CC2)cc1OC. The number of ether oxygens (including phenoxy) is 2. The molecular weight excluding hydrogens is 430 g/mol. The Morgan fingerprint density at radius 3 is 2.41 bits per heavy atom. The molecule has 5 nitrogen and oxygen atoms in total. The third-order valence-electron chi connectivity index (χ3n) is 5.44. The van der Waals surface area contributed by atoms with Gasteiger partial charge in [0.2, 0.25) is 0 Å². The number of nitrogens with zero attached hydrogens (tertiary/aromatic N) is 3. The van der Waals surface area contributed by atoms with Crippen LogP contribution in [0.25, 0.3) is 0 Å². The quantitative estimate of drug-likeness (QED) is 0.373. The molecule has 1 aliphatic heterocycles. The van der Waals surface area contributed by atoms with Crippen molar-refractivity contribution in [3.63, 3.8) is 0 Å². The molecule has 1 saturated heterocycles. The second-order valence-electron chi connectivity index (χ2n) is 7.75. The molecule has 29 heavy (non-hydrogen) atoms. The average Bonchev–Trinajstić information content (AvgIpc) is 2.73. The van der Waals surface area contributed by atoms with E-state index < -0.39 is 0 Å². The molecule has 0 atom stereocenters. The summed E-state index contributed by atoms with van der Waals surface area (Å²) in [4.78, 5) is 4.83. The lowest BCUT2D eigenvalue weighted by molar-refractivity contribution is 0.129. The van der Waals surface area contributed by atoms with Gasteiger partial charge >= 0.3 is 0 Å². The fraction of sp³-hybridized carbons (Fsp3) is 0.696. The molecule has 0 bridgehead atoms. The van der Waals surface area contributed by atoms with Crippen molar-refractivity contribution in [3.05, 3.63) is 22.2 Å². The Kier molecular flexibility index (Phi) is 11.5. The highest BCUT2D eigenvalue weighted by Gasteiger charge is 2.18. The molecular formula is C23H36BrN3O2. The van der Waals surface area contributed by atoms with Crippen LogP contribution in [0, 0.1) is 11.3 Å². The van der Waals surface area contributed by atoms with E-state index in [-0.39, 0.29) is 0 Å². The van der Waals surface area contributed by atoms with Crippen molar-refractivity contribution in [2.45, 2.75) is 58.4 Å². The molecule has 0 spiro atoms. The van der Waals surface area contributed by atoms with E-state index in [0.717, 1.165) is 68.3 Å². The highest BCUT2D eigenvalue weighted by atomic mass is 79.9. The summed E-state index contributed by atoms with van der Waals surface area (Å²) >= 11 is 3.68. The number of rotatable bonds is 13. The zero-order valence-corrected chi connectivity index (χ0v) is 19.7. The highest BCUT2D eigenvalue weighted by molar-refractivity contribution is 9.10. The van der Waals surface area contributed by atoms with E-state index in [1.54, 1.807) is 7.11 Å². The van der Waals surface area contributed by atoms with Gasteiger partial charge in [-0.2, -0.15) is 5.26 Å². The van der Waals surface area contributed by atoms with Gasteiger partial charge in [0, 0.05) is 45.7 Å². The summed E-state index contributed by atoms with van der Waals surface area (Å²) in [5.41, 5.74) is 1.23. The number of piperazine rings is 1. The molecule has 0 aliphatic carbocycles. The fourth-order valence-electron chi connectivity index (χ4n) is 3.70. The van der Waals surface area contributed by atoms with Gasteiger partial charge in [0.25, 0.3) is 0 Å². The van der Waals surface area contributed by atoms with E-state index in [4.69, 9.17) is 14.7 Å². The molecule has 1 fully saturated rings. The molecule has 162 valence electrons. The van der Waals surface area contributed by atoms with Gasteiger partial charge < -0.3 is 9.47 Å². The van der Waals surface area contributed by atoms with Crippen molar-refractivity contribution in [2.75, 3.05) is 46.4 Å². The van der Waals surface area contributed by atoms with Crippen LogP contribution in [0.2, 0.25) is 0 Å². The first kappa shape index (κ1) is 24.0. The van der Waals surface area contributed by atoms with Crippen LogP contribution in [-0.2, 0) is 6.54 Å². The number of methoxy groups -OCH3 is 1. The zero-order valence-electron chi connectivity index (χ0n) is 18.1. The fourth-order valence-corrected chi connectivity index (χ4v) is 4.30. The van der Waals surface area contributed by atoms with E-state index >= 15 is 0 Å². The predicted molar refractivity (Wildman–Crippen MR) is 122 cm³/mol. The second-order valence-corrected chi connectivity index (χ2v) is 8.61. The molecule has 6 heteroatoms. The maximum Gasteiger partial charge on any atom is 0.175 e. The van der Waals surface area contributed by atoms with Gasteiger partial charge in [-0.05, 0) is 40.0 Å². The van der Waals surface area contributed by atoms with E-state index in [2.05, 4.69) is 50.9 Å². The van der Waals surface area contributed by atoms with Gasteiger partial charge in [0.1, 0.15) is 0 Å². The van der Waals surface area contributed by atoms with Gasteiger partial charge in [-0.1, -0.05) is 39.0 Å². The molecule has 1 aliphatic rings. The van der Waals surface area contributed by atoms with E-state index in [0.29, 0.717) is 6.42 Å². The van der Waals surface area contributed by atoms with E-state index in [9.17, 15) is 0 Å². The van der Waals surface area contributed by atoms with Crippen LogP contribution in [0.4, 0.5) is 0 Å². The molecule has 0 unspecified atom stereocenters. The zero-order chi connectivity index (χ0) is 20.9. The standard InChI is InChI=1S/C23H36BrN3O2/c1-3-4-5-6-7-8-16-29-23-21(24)17-20(18-22(23)28-2)19-27-14-12-26(13-15-27)11-9-10-25/h17-18H,3-9,11-16,19H2,1-2H3. The Morgan fingerprint density at radius 1 is 1.03 bits per heavy atom. The van der Waals surface area contributed by atoms with Crippen LogP contribution in [0.5, 0.6) is 11.5 Å². The van der Waals surface area contributed by atoms with E-state index in [1.807, 2.05) is 0 Å². The smallest absolute Gasteiger partial charge is 0.175 e. The van der Waals surface area contributed by atoms with Gasteiger partial charge in [-0.3, -0.25) is 9.80 Å². The minimum atomic E-state index is 0.615. The molecule has 0 saturated carbocycles. The molecule has 0 amide bonds. The van der Waals surface area contributed by atoms with Crippen LogP contribution in [-0.4, -0.2) is 56.2 Å². The number of benzene rings is 1. The van der Waals surface area contributed by atoms with Crippen LogP contribution in [0.15, 0.2) is 16.6 Å². The lowest BCUT2D eigenvalue weighted by atomic mass is 10.1. The first-order chi connectivity index (χ1) is 14.2. The van der Waals surface area contributed by atoms with Gasteiger partial charge in [0.15, 0.2) is 11.5 Å². The van der Waals surface area contributed by atoms with Crippen LogP contribution >= 0.6 is 15.9 Å². The Bertz CT molecular complexity index is 640. The van der Waals surface area contributed by atoms with Gasteiger partial charge in [-0.25, -0.2) is 0 Å².